The number of carbonyl (C=O) groups excluding carboxylic acids is 1. The van der Waals surface area contributed by atoms with E-state index in [1.165, 1.54) is 11.8 Å². The van der Waals surface area contributed by atoms with Crippen LogP contribution in [-0.4, -0.2) is 45.8 Å². The van der Waals surface area contributed by atoms with E-state index in [-0.39, 0.29) is 11.2 Å². The second kappa shape index (κ2) is 7.95. The molecular weight excluding hydrogens is 334 g/mol. The second-order valence-corrected chi connectivity index (χ2v) is 7.85. The summed E-state index contributed by atoms with van der Waals surface area (Å²) in [5.41, 5.74) is 1.01. The molecule has 0 aliphatic carbocycles. The lowest BCUT2D eigenvalue weighted by atomic mass is 9.99. The van der Waals surface area contributed by atoms with E-state index in [0.29, 0.717) is 0 Å². The zero-order valence-electron chi connectivity index (χ0n) is 15.0. The molecule has 0 unspecified atom stereocenters. The Morgan fingerprint density at radius 1 is 1.28 bits per heavy atom. The van der Waals surface area contributed by atoms with Gasteiger partial charge in [0.1, 0.15) is 5.75 Å². The van der Waals surface area contributed by atoms with Crippen molar-refractivity contribution in [2.24, 2.45) is 5.92 Å². The summed E-state index contributed by atoms with van der Waals surface area (Å²) in [6.07, 6.45) is 5.89. The SMILES string of the molecule is COc1ccc(-n2ccnc2S[C@@H](C)C(=O)N2CCC(C)CC2)cc1. The average molecular weight is 359 g/mol. The number of rotatable bonds is 5. The summed E-state index contributed by atoms with van der Waals surface area (Å²) in [5.74, 6) is 1.75. The largest absolute Gasteiger partial charge is 0.497 e. The summed E-state index contributed by atoms with van der Waals surface area (Å²) < 4.78 is 7.21. The molecule has 1 aromatic heterocycles. The third kappa shape index (κ3) is 4.18. The maximum Gasteiger partial charge on any atom is 0.235 e. The van der Waals surface area contributed by atoms with Gasteiger partial charge >= 0.3 is 0 Å². The van der Waals surface area contributed by atoms with E-state index in [9.17, 15) is 4.79 Å². The maximum atomic E-state index is 12.7. The fourth-order valence-electron chi connectivity index (χ4n) is 3.01. The summed E-state index contributed by atoms with van der Waals surface area (Å²) in [6.45, 7) is 5.97. The highest BCUT2D eigenvalue weighted by Crippen LogP contribution is 2.27. The minimum absolute atomic E-state index is 0.146. The minimum Gasteiger partial charge on any atom is -0.497 e. The van der Waals surface area contributed by atoms with Crippen LogP contribution in [0.2, 0.25) is 0 Å². The monoisotopic (exact) mass is 359 g/mol. The van der Waals surface area contributed by atoms with Gasteiger partial charge in [-0.1, -0.05) is 18.7 Å². The zero-order valence-corrected chi connectivity index (χ0v) is 15.8. The van der Waals surface area contributed by atoms with Crippen LogP contribution in [0.3, 0.4) is 0 Å². The zero-order chi connectivity index (χ0) is 17.8. The third-order valence-electron chi connectivity index (χ3n) is 4.68. The first-order valence-electron chi connectivity index (χ1n) is 8.71. The predicted molar refractivity (Wildman–Crippen MR) is 100 cm³/mol. The number of benzene rings is 1. The van der Waals surface area contributed by atoms with Crippen LogP contribution in [0.15, 0.2) is 41.8 Å². The van der Waals surface area contributed by atoms with Crippen LogP contribution >= 0.6 is 11.8 Å². The maximum absolute atomic E-state index is 12.7. The number of likely N-dealkylation sites (tertiary alicyclic amines) is 1. The van der Waals surface area contributed by atoms with Crippen LogP contribution in [0.1, 0.15) is 26.7 Å². The topological polar surface area (TPSA) is 47.4 Å². The van der Waals surface area contributed by atoms with Crippen molar-refractivity contribution in [1.82, 2.24) is 14.5 Å². The number of nitrogens with zero attached hydrogens (tertiary/aromatic N) is 3. The van der Waals surface area contributed by atoms with E-state index in [4.69, 9.17) is 4.74 Å². The summed E-state index contributed by atoms with van der Waals surface area (Å²) in [6, 6.07) is 7.83. The quantitative estimate of drug-likeness (QED) is 0.765. The molecule has 0 radical (unpaired) electrons. The number of aromatic nitrogens is 2. The molecule has 1 atom stereocenters. The highest BCUT2D eigenvalue weighted by molar-refractivity contribution is 8.00. The molecule has 0 bridgehead atoms. The molecule has 3 rings (SSSR count). The van der Waals surface area contributed by atoms with Crippen molar-refractivity contribution in [1.29, 1.82) is 0 Å². The van der Waals surface area contributed by atoms with Crippen LogP contribution < -0.4 is 4.74 Å². The van der Waals surface area contributed by atoms with Crippen molar-refractivity contribution >= 4 is 17.7 Å². The van der Waals surface area contributed by atoms with Crippen LogP contribution in [-0.2, 0) is 4.79 Å². The molecule has 5 nitrogen and oxygen atoms in total. The van der Waals surface area contributed by atoms with Crippen molar-refractivity contribution < 1.29 is 9.53 Å². The Hall–Kier alpha value is -1.95. The first kappa shape index (κ1) is 17.9. The molecule has 0 saturated carbocycles. The number of hydrogen-bond acceptors (Lipinski definition) is 4. The summed E-state index contributed by atoms with van der Waals surface area (Å²) in [7, 11) is 1.65. The van der Waals surface area contributed by atoms with E-state index in [1.54, 1.807) is 13.3 Å². The first-order chi connectivity index (χ1) is 12.1. The van der Waals surface area contributed by atoms with Gasteiger partial charge in [-0.25, -0.2) is 4.98 Å². The Kier molecular flexibility index (Phi) is 5.68. The molecule has 1 aromatic carbocycles. The van der Waals surface area contributed by atoms with E-state index in [2.05, 4.69) is 11.9 Å². The number of thioether (sulfide) groups is 1. The van der Waals surface area contributed by atoms with Gasteiger partial charge in [0.15, 0.2) is 5.16 Å². The molecule has 2 aromatic rings. The van der Waals surface area contributed by atoms with Gasteiger partial charge in [-0.15, -0.1) is 0 Å². The summed E-state index contributed by atoms with van der Waals surface area (Å²) in [5, 5.41) is 0.684. The normalized spacial score (nSPS) is 16.7. The fraction of sp³-hybridized carbons (Fsp3) is 0.474. The number of methoxy groups -OCH3 is 1. The highest BCUT2D eigenvalue weighted by Gasteiger charge is 2.26. The molecule has 1 aliphatic rings. The van der Waals surface area contributed by atoms with Gasteiger partial charge in [0, 0.05) is 31.2 Å². The predicted octanol–water partition coefficient (Wildman–Crippen LogP) is 3.62. The Bertz CT molecular complexity index is 706. The van der Waals surface area contributed by atoms with E-state index < -0.39 is 0 Å². The van der Waals surface area contributed by atoms with Gasteiger partial charge in [-0.3, -0.25) is 9.36 Å². The second-order valence-electron chi connectivity index (χ2n) is 6.55. The molecule has 1 aliphatic heterocycles. The summed E-state index contributed by atoms with van der Waals surface area (Å²) >= 11 is 1.51. The van der Waals surface area contributed by atoms with Crippen LogP contribution in [0.5, 0.6) is 5.75 Å². The molecule has 2 heterocycles. The number of carbonyl (C=O) groups is 1. The van der Waals surface area contributed by atoms with E-state index in [0.717, 1.165) is 48.4 Å². The van der Waals surface area contributed by atoms with Gasteiger partial charge in [0.05, 0.1) is 12.4 Å². The van der Waals surface area contributed by atoms with Crippen molar-refractivity contribution in [2.75, 3.05) is 20.2 Å². The van der Waals surface area contributed by atoms with Gasteiger partial charge in [0.2, 0.25) is 5.91 Å². The van der Waals surface area contributed by atoms with E-state index in [1.807, 2.05) is 46.9 Å². The molecule has 6 heteroatoms. The number of piperidine rings is 1. The molecule has 134 valence electrons. The van der Waals surface area contributed by atoms with Gasteiger partial charge < -0.3 is 9.64 Å². The standard InChI is InChI=1S/C19H25N3O2S/c1-14-8-11-21(12-9-14)18(23)15(2)25-19-20-10-13-22(19)16-4-6-17(24-3)7-5-16/h4-7,10,13-15H,8-9,11-12H2,1-3H3/t15-/m0/s1. The number of amides is 1. The highest BCUT2D eigenvalue weighted by atomic mass is 32.2. The molecule has 0 N–H and O–H groups in total. The number of imidazole rings is 1. The lowest BCUT2D eigenvalue weighted by Crippen LogP contribution is -2.41. The lowest BCUT2D eigenvalue weighted by Gasteiger charge is -2.32. The Morgan fingerprint density at radius 2 is 1.96 bits per heavy atom. The van der Waals surface area contributed by atoms with Crippen molar-refractivity contribution in [3.8, 4) is 11.4 Å². The molecule has 1 fully saturated rings. The number of hydrogen-bond donors (Lipinski definition) is 0. The van der Waals surface area contributed by atoms with Crippen LogP contribution in [0.25, 0.3) is 5.69 Å². The molecule has 1 amide bonds. The van der Waals surface area contributed by atoms with Gasteiger partial charge in [-0.2, -0.15) is 0 Å². The van der Waals surface area contributed by atoms with Gasteiger partial charge in [0.25, 0.3) is 0 Å². The van der Waals surface area contributed by atoms with Gasteiger partial charge in [-0.05, 0) is 49.9 Å². The molecule has 1 saturated heterocycles. The molecule has 25 heavy (non-hydrogen) atoms. The molecule has 0 spiro atoms. The molecular formula is C19H25N3O2S. The fourth-order valence-corrected chi connectivity index (χ4v) is 3.98. The lowest BCUT2D eigenvalue weighted by molar-refractivity contribution is -0.131. The minimum atomic E-state index is -0.146. The smallest absolute Gasteiger partial charge is 0.235 e. The van der Waals surface area contributed by atoms with Crippen LogP contribution in [0, 0.1) is 5.92 Å². The third-order valence-corrected chi connectivity index (χ3v) is 5.75. The van der Waals surface area contributed by atoms with Crippen molar-refractivity contribution in [2.45, 2.75) is 37.1 Å². The van der Waals surface area contributed by atoms with E-state index >= 15 is 0 Å². The van der Waals surface area contributed by atoms with Crippen molar-refractivity contribution in [3.05, 3.63) is 36.7 Å². The Labute approximate surface area is 153 Å². The Balaban J connectivity index is 1.68. The first-order valence-corrected chi connectivity index (χ1v) is 9.59. The average Bonchev–Trinajstić information content (AvgIpc) is 3.10. The van der Waals surface area contributed by atoms with Crippen molar-refractivity contribution in [3.63, 3.8) is 0 Å². The Morgan fingerprint density at radius 3 is 2.60 bits per heavy atom. The summed E-state index contributed by atoms with van der Waals surface area (Å²) in [4.78, 5) is 19.2. The number of ether oxygens (including phenoxy) is 1. The van der Waals surface area contributed by atoms with Crippen LogP contribution in [0.4, 0.5) is 0 Å².